The predicted octanol–water partition coefficient (Wildman–Crippen LogP) is 3.64. The number of amides is 1. The summed E-state index contributed by atoms with van der Waals surface area (Å²) in [5.41, 5.74) is 2.43. The van der Waals surface area contributed by atoms with Gasteiger partial charge in [0.25, 0.3) is 0 Å². The van der Waals surface area contributed by atoms with Crippen molar-refractivity contribution in [1.29, 1.82) is 0 Å². The summed E-state index contributed by atoms with van der Waals surface area (Å²) in [5, 5.41) is 17.0. The van der Waals surface area contributed by atoms with E-state index < -0.39 is 23.8 Å². The quantitative estimate of drug-likeness (QED) is 0.551. The van der Waals surface area contributed by atoms with Gasteiger partial charge in [0.2, 0.25) is 5.91 Å². The monoisotopic (exact) mass is 445 g/mol. The van der Waals surface area contributed by atoms with Crippen LogP contribution in [0.1, 0.15) is 57.4 Å². The highest BCUT2D eigenvalue weighted by molar-refractivity contribution is 5.73. The zero-order chi connectivity index (χ0) is 23.5. The van der Waals surface area contributed by atoms with Crippen LogP contribution in [0.3, 0.4) is 0 Å². The molecule has 1 saturated carbocycles. The van der Waals surface area contributed by atoms with Gasteiger partial charge in [0.1, 0.15) is 11.6 Å². The van der Waals surface area contributed by atoms with Crippen molar-refractivity contribution in [2.45, 2.75) is 71.1 Å². The van der Waals surface area contributed by atoms with E-state index in [0.29, 0.717) is 5.56 Å². The Morgan fingerprint density at radius 1 is 1.16 bits per heavy atom. The van der Waals surface area contributed by atoms with Gasteiger partial charge in [0, 0.05) is 25.7 Å². The molecule has 5 nitrogen and oxygen atoms in total. The molecule has 1 aliphatic rings. The number of carbonyl (C=O) groups is 1. The molecule has 3 rings (SSSR count). The lowest BCUT2D eigenvalue weighted by Crippen LogP contribution is -2.49. The molecule has 2 aromatic rings. The maximum atomic E-state index is 13.6. The van der Waals surface area contributed by atoms with Crippen molar-refractivity contribution >= 4 is 5.91 Å². The molecular weight excluding hydrogens is 412 g/mol. The number of nitrogens with zero attached hydrogens (tertiary/aromatic N) is 1. The number of pyridine rings is 1. The van der Waals surface area contributed by atoms with Crippen molar-refractivity contribution in [1.82, 2.24) is 15.6 Å². The van der Waals surface area contributed by atoms with E-state index in [-0.39, 0.29) is 29.8 Å². The lowest BCUT2D eigenvalue weighted by Gasteiger charge is -2.27. The summed E-state index contributed by atoms with van der Waals surface area (Å²) >= 11 is 0. The van der Waals surface area contributed by atoms with Crippen LogP contribution in [0.5, 0.6) is 0 Å². The second-order valence-corrected chi connectivity index (χ2v) is 10.1. The number of nitrogens with one attached hydrogen (secondary N) is 2. The van der Waals surface area contributed by atoms with Crippen LogP contribution in [0.15, 0.2) is 36.5 Å². The summed E-state index contributed by atoms with van der Waals surface area (Å²) < 4.78 is 27.1. The molecule has 0 radical (unpaired) electrons. The third-order valence-electron chi connectivity index (χ3n) is 5.68. The average Bonchev–Trinajstić information content (AvgIpc) is 3.44. The molecule has 1 aromatic carbocycles. The van der Waals surface area contributed by atoms with Gasteiger partial charge in [-0.05, 0) is 66.5 Å². The molecule has 1 unspecified atom stereocenters. The molecule has 1 heterocycles. The van der Waals surface area contributed by atoms with Crippen LogP contribution in [-0.2, 0) is 23.2 Å². The van der Waals surface area contributed by atoms with Gasteiger partial charge in [-0.2, -0.15) is 0 Å². The Hall–Kier alpha value is -2.38. The molecule has 1 aromatic heterocycles. The van der Waals surface area contributed by atoms with Crippen LogP contribution in [0.25, 0.3) is 0 Å². The maximum Gasteiger partial charge on any atom is 0.217 e. The molecule has 2 atom stereocenters. The number of hydrogen-bond acceptors (Lipinski definition) is 4. The lowest BCUT2D eigenvalue weighted by molar-refractivity contribution is -0.120. The number of aliphatic hydroxyl groups excluding tert-OH is 1. The standard InChI is InChI=1S/C25H33F2N3O2/c1-16(31)30-21(11-18-9-19(26)13-20(27)10-18)22(32)15-29-25(6-7-25)23-12-17(5-8-28-23)14-24(2,3)4/h5,8-10,12-13,21-22,29,32H,6-7,11,14-15H2,1-4H3,(H,30,31)/t21?,22-/m1/s1. The number of hydrogen-bond donors (Lipinski definition) is 3. The Labute approximate surface area is 188 Å². The Balaban J connectivity index is 1.68. The number of aliphatic hydroxyl groups is 1. The first-order valence-corrected chi connectivity index (χ1v) is 11.1. The molecule has 7 heteroatoms. The molecule has 1 amide bonds. The number of halogens is 2. The molecule has 0 spiro atoms. The lowest BCUT2D eigenvalue weighted by atomic mass is 9.88. The summed E-state index contributed by atoms with van der Waals surface area (Å²) in [6, 6.07) is 6.70. The average molecular weight is 446 g/mol. The first-order chi connectivity index (χ1) is 15.0. The molecule has 3 N–H and O–H groups in total. The van der Waals surface area contributed by atoms with E-state index in [9.17, 15) is 18.7 Å². The predicted molar refractivity (Wildman–Crippen MR) is 120 cm³/mol. The van der Waals surface area contributed by atoms with Crippen LogP contribution in [0.2, 0.25) is 0 Å². The Morgan fingerprint density at radius 2 is 1.81 bits per heavy atom. The smallest absolute Gasteiger partial charge is 0.217 e. The molecule has 174 valence electrons. The van der Waals surface area contributed by atoms with Crippen LogP contribution in [0, 0.1) is 17.0 Å². The van der Waals surface area contributed by atoms with E-state index in [4.69, 9.17) is 0 Å². The maximum absolute atomic E-state index is 13.6. The van der Waals surface area contributed by atoms with Crippen molar-refractivity contribution in [2.24, 2.45) is 5.41 Å². The molecule has 1 aliphatic carbocycles. The van der Waals surface area contributed by atoms with E-state index in [2.05, 4.69) is 42.5 Å². The number of rotatable bonds is 9. The van der Waals surface area contributed by atoms with Crippen molar-refractivity contribution in [2.75, 3.05) is 6.54 Å². The van der Waals surface area contributed by atoms with Crippen LogP contribution in [0.4, 0.5) is 8.78 Å². The van der Waals surface area contributed by atoms with Crippen LogP contribution < -0.4 is 10.6 Å². The Kier molecular flexibility index (Phi) is 7.30. The van der Waals surface area contributed by atoms with Gasteiger partial charge in [-0.1, -0.05) is 20.8 Å². The van der Waals surface area contributed by atoms with Gasteiger partial charge in [-0.25, -0.2) is 8.78 Å². The molecular formula is C25H33F2N3O2. The fourth-order valence-electron chi connectivity index (χ4n) is 4.08. The van der Waals surface area contributed by atoms with Gasteiger partial charge >= 0.3 is 0 Å². The van der Waals surface area contributed by atoms with E-state index in [1.165, 1.54) is 24.6 Å². The second-order valence-electron chi connectivity index (χ2n) is 10.1. The summed E-state index contributed by atoms with van der Waals surface area (Å²) in [7, 11) is 0. The van der Waals surface area contributed by atoms with Gasteiger partial charge in [-0.3, -0.25) is 9.78 Å². The van der Waals surface area contributed by atoms with E-state index in [1.807, 2.05) is 12.3 Å². The van der Waals surface area contributed by atoms with Gasteiger partial charge in [0.05, 0.1) is 23.4 Å². The summed E-state index contributed by atoms with van der Waals surface area (Å²) in [5.74, 6) is -1.69. The number of aromatic nitrogens is 1. The fraction of sp³-hybridized carbons (Fsp3) is 0.520. The third kappa shape index (κ3) is 6.81. The first-order valence-electron chi connectivity index (χ1n) is 11.1. The van der Waals surface area contributed by atoms with E-state index in [0.717, 1.165) is 31.0 Å². The van der Waals surface area contributed by atoms with Crippen LogP contribution in [-0.4, -0.2) is 34.7 Å². The largest absolute Gasteiger partial charge is 0.390 e. The SMILES string of the molecule is CC(=O)NC(Cc1cc(F)cc(F)c1)[C@H](O)CNC1(c2cc(CC(C)(C)C)ccn2)CC1. The minimum atomic E-state index is -0.944. The van der Waals surface area contributed by atoms with Gasteiger partial charge in [-0.15, -0.1) is 0 Å². The second kappa shape index (κ2) is 9.63. The minimum Gasteiger partial charge on any atom is -0.390 e. The van der Waals surface area contributed by atoms with Crippen LogP contribution >= 0.6 is 0 Å². The summed E-state index contributed by atoms with van der Waals surface area (Å²) in [6.07, 6.45) is 3.75. The molecule has 0 bridgehead atoms. The highest BCUT2D eigenvalue weighted by atomic mass is 19.1. The molecule has 0 aliphatic heterocycles. The zero-order valence-corrected chi connectivity index (χ0v) is 19.2. The highest BCUT2D eigenvalue weighted by Crippen LogP contribution is 2.44. The third-order valence-corrected chi connectivity index (χ3v) is 5.68. The Bertz CT molecular complexity index is 934. The van der Waals surface area contributed by atoms with Crippen molar-refractivity contribution in [3.05, 3.63) is 65.0 Å². The first kappa shape index (κ1) is 24.3. The van der Waals surface area contributed by atoms with E-state index >= 15 is 0 Å². The number of carbonyl (C=O) groups excluding carboxylic acids is 1. The van der Waals surface area contributed by atoms with Crippen molar-refractivity contribution in [3.63, 3.8) is 0 Å². The number of benzene rings is 1. The minimum absolute atomic E-state index is 0.115. The van der Waals surface area contributed by atoms with Gasteiger partial charge in [0.15, 0.2) is 0 Å². The Morgan fingerprint density at radius 3 is 2.38 bits per heavy atom. The highest BCUT2D eigenvalue weighted by Gasteiger charge is 2.46. The van der Waals surface area contributed by atoms with Crippen molar-refractivity contribution in [3.8, 4) is 0 Å². The van der Waals surface area contributed by atoms with Gasteiger partial charge < -0.3 is 15.7 Å². The normalized spacial score (nSPS) is 17.0. The van der Waals surface area contributed by atoms with Crippen molar-refractivity contribution < 1.29 is 18.7 Å². The summed E-state index contributed by atoms with van der Waals surface area (Å²) in [6.45, 7) is 8.16. The summed E-state index contributed by atoms with van der Waals surface area (Å²) in [4.78, 5) is 16.2. The fourth-order valence-corrected chi connectivity index (χ4v) is 4.08. The zero-order valence-electron chi connectivity index (χ0n) is 19.2. The topological polar surface area (TPSA) is 74.2 Å². The molecule has 32 heavy (non-hydrogen) atoms. The molecule has 1 fully saturated rings. The van der Waals surface area contributed by atoms with E-state index in [1.54, 1.807) is 0 Å². The molecule has 0 saturated heterocycles.